The Morgan fingerprint density at radius 1 is 1.19 bits per heavy atom. The summed E-state index contributed by atoms with van der Waals surface area (Å²) in [5.41, 5.74) is 3.37. The second-order valence-corrected chi connectivity index (χ2v) is 7.73. The second kappa shape index (κ2) is 6.63. The number of H-pyrrole nitrogens is 1. The van der Waals surface area contributed by atoms with E-state index < -0.39 is 11.0 Å². The highest BCUT2D eigenvalue weighted by molar-refractivity contribution is 7.86. The van der Waals surface area contributed by atoms with Crippen LogP contribution in [0.3, 0.4) is 0 Å². The van der Waals surface area contributed by atoms with Gasteiger partial charge in [0.25, 0.3) is 0 Å². The van der Waals surface area contributed by atoms with Crippen LogP contribution >= 0.6 is 11.6 Å². The molecule has 0 saturated carbocycles. The van der Waals surface area contributed by atoms with Gasteiger partial charge in [-0.15, -0.1) is 0 Å². The minimum Gasteiger partial charge on any atom is -0.494 e. The smallest absolute Gasteiger partial charge is 0.199 e. The number of rotatable bonds is 4. The third kappa shape index (κ3) is 2.91. The number of hydrogen-bond acceptors (Lipinski definition) is 3. The molecule has 0 saturated heterocycles. The molecule has 3 N–H and O–H groups in total. The van der Waals surface area contributed by atoms with Crippen LogP contribution in [0.4, 0.5) is 5.69 Å². The van der Waals surface area contributed by atoms with E-state index in [1.807, 2.05) is 49.4 Å². The first-order chi connectivity index (χ1) is 12.6. The van der Waals surface area contributed by atoms with Crippen molar-refractivity contribution in [3.8, 4) is 17.1 Å². The Kier molecular flexibility index (Phi) is 4.30. The Balaban J connectivity index is 1.91. The van der Waals surface area contributed by atoms with Crippen molar-refractivity contribution in [1.29, 1.82) is 0 Å². The second-order valence-electron chi connectivity index (χ2n) is 5.85. The molecule has 2 aromatic carbocycles. The van der Waals surface area contributed by atoms with Gasteiger partial charge in [0.2, 0.25) is 0 Å². The summed E-state index contributed by atoms with van der Waals surface area (Å²) in [6.45, 7) is 1.84. The van der Waals surface area contributed by atoms with E-state index in [4.69, 9.17) is 11.6 Å². The van der Waals surface area contributed by atoms with E-state index >= 15 is 0 Å². The highest BCUT2D eigenvalue weighted by Crippen LogP contribution is 2.39. The number of fused-ring (bicyclic) bond motifs is 2. The summed E-state index contributed by atoms with van der Waals surface area (Å²) in [7, 11) is -1.15. The average molecular weight is 386 g/mol. The van der Waals surface area contributed by atoms with Crippen molar-refractivity contribution < 1.29 is 9.32 Å². The van der Waals surface area contributed by atoms with Gasteiger partial charge in [0.05, 0.1) is 21.8 Å². The standard InChI is InChI=1S/C19H16ClN3O2S/c1-2-26(25)23-11-7-8-16-13(9-11)18(19(24)22-16)17-10-14(20)12-5-3-4-6-15(12)21-17/h3-10,22-24H,2H2,1H3. The number of pyridine rings is 1. The van der Waals surface area contributed by atoms with E-state index in [0.29, 0.717) is 27.7 Å². The molecule has 0 spiro atoms. The van der Waals surface area contributed by atoms with Crippen molar-refractivity contribution in [2.45, 2.75) is 6.92 Å². The van der Waals surface area contributed by atoms with Gasteiger partial charge in [0, 0.05) is 27.7 Å². The first-order valence-corrected chi connectivity index (χ1v) is 9.82. The highest BCUT2D eigenvalue weighted by atomic mass is 35.5. The minimum atomic E-state index is -1.15. The lowest BCUT2D eigenvalue weighted by atomic mass is 10.1. The molecule has 2 aromatic heterocycles. The Labute approximate surface area is 157 Å². The van der Waals surface area contributed by atoms with Crippen LogP contribution in [-0.4, -0.2) is 25.0 Å². The third-order valence-corrected chi connectivity index (χ3v) is 5.49. The van der Waals surface area contributed by atoms with E-state index in [1.165, 1.54) is 0 Å². The van der Waals surface area contributed by atoms with Crippen molar-refractivity contribution in [2.75, 3.05) is 10.5 Å². The molecule has 26 heavy (non-hydrogen) atoms. The maximum atomic E-state index is 11.8. The summed E-state index contributed by atoms with van der Waals surface area (Å²) >= 11 is 6.42. The van der Waals surface area contributed by atoms with Crippen molar-refractivity contribution in [3.05, 3.63) is 53.6 Å². The Morgan fingerprint density at radius 3 is 2.81 bits per heavy atom. The van der Waals surface area contributed by atoms with Crippen LogP contribution in [-0.2, 0) is 11.0 Å². The van der Waals surface area contributed by atoms with Crippen LogP contribution in [0.5, 0.6) is 5.88 Å². The molecule has 5 nitrogen and oxygen atoms in total. The topological polar surface area (TPSA) is 78.0 Å². The van der Waals surface area contributed by atoms with Gasteiger partial charge < -0.3 is 14.8 Å². The molecule has 0 fully saturated rings. The zero-order chi connectivity index (χ0) is 18.3. The summed E-state index contributed by atoms with van der Waals surface area (Å²) in [4.78, 5) is 7.61. The molecule has 1 unspecified atom stereocenters. The predicted octanol–water partition coefficient (Wildman–Crippen LogP) is 4.84. The number of aromatic nitrogens is 2. The van der Waals surface area contributed by atoms with Crippen LogP contribution in [0.1, 0.15) is 6.92 Å². The molecule has 0 amide bonds. The lowest BCUT2D eigenvalue weighted by Crippen LogP contribution is -2.05. The fourth-order valence-corrected chi connectivity index (χ4v) is 3.76. The predicted molar refractivity (Wildman–Crippen MR) is 108 cm³/mol. The maximum absolute atomic E-state index is 11.8. The van der Waals surface area contributed by atoms with Crippen LogP contribution in [0, 0.1) is 0 Å². The number of benzene rings is 2. The van der Waals surface area contributed by atoms with Crippen LogP contribution in [0.15, 0.2) is 48.5 Å². The van der Waals surface area contributed by atoms with Gasteiger partial charge in [-0.05, 0) is 30.3 Å². The van der Waals surface area contributed by atoms with Crippen LogP contribution in [0.25, 0.3) is 33.1 Å². The SMILES string of the molecule is CCS(=O)Nc1ccc2[nH]c(O)c(-c3cc(Cl)c4ccccc4n3)c2c1. The number of hydrogen-bond donors (Lipinski definition) is 3. The molecular formula is C19H16ClN3O2S. The number of anilines is 1. The summed E-state index contributed by atoms with van der Waals surface area (Å²) in [6, 6.07) is 14.8. The molecule has 1 atom stereocenters. The van der Waals surface area contributed by atoms with E-state index in [0.717, 1.165) is 21.8 Å². The molecule has 0 aliphatic rings. The average Bonchev–Trinajstić information content (AvgIpc) is 2.96. The molecule has 0 radical (unpaired) electrons. The Morgan fingerprint density at radius 2 is 2.00 bits per heavy atom. The Bertz CT molecular complexity index is 1160. The molecule has 4 aromatic rings. The lowest BCUT2D eigenvalue weighted by Gasteiger charge is -2.07. The van der Waals surface area contributed by atoms with Gasteiger partial charge in [0.1, 0.15) is 11.0 Å². The van der Waals surface area contributed by atoms with Crippen molar-refractivity contribution in [1.82, 2.24) is 9.97 Å². The molecule has 0 bridgehead atoms. The summed E-state index contributed by atoms with van der Waals surface area (Å²) < 4.78 is 14.7. The summed E-state index contributed by atoms with van der Waals surface area (Å²) in [6.07, 6.45) is 0. The highest BCUT2D eigenvalue weighted by Gasteiger charge is 2.16. The molecule has 0 aliphatic heterocycles. The summed E-state index contributed by atoms with van der Waals surface area (Å²) in [5, 5.41) is 12.7. The fraction of sp³-hybridized carbons (Fsp3) is 0.105. The van der Waals surface area contributed by atoms with Gasteiger partial charge in [-0.1, -0.05) is 36.7 Å². The van der Waals surface area contributed by atoms with Gasteiger partial charge >= 0.3 is 0 Å². The first-order valence-electron chi connectivity index (χ1n) is 8.12. The third-order valence-electron chi connectivity index (χ3n) is 4.19. The summed E-state index contributed by atoms with van der Waals surface area (Å²) in [5.74, 6) is 0.526. The van der Waals surface area contributed by atoms with E-state index in [-0.39, 0.29) is 5.88 Å². The quantitative estimate of drug-likeness (QED) is 0.470. The van der Waals surface area contributed by atoms with Crippen molar-refractivity contribution >= 4 is 50.1 Å². The Hall–Kier alpha value is -2.57. The lowest BCUT2D eigenvalue weighted by molar-refractivity contribution is 0.460. The minimum absolute atomic E-state index is 0.0209. The first kappa shape index (κ1) is 16.9. The monoisotopic (exact) mass is 385 g/mol. The van der Waals surface area contributed by atoms with Gasteiger partial charge in [-0.3, -0.25) is 0 Å². The zero-order valence-corrected chi connectivity index (χ0v) is 15.5. The van der Waals surface area contributed by atoms with E-state index in [1.54, 1.807) is 6.07 Å². The number of para-hydroxylation sites is 1. The number of aromatic amines is 1. The van der Waals surface area contributed by atoms with E-state index in [2.05, 4.69) is 14.7 Å². The molecule has 4 rings (SSSR count). The van der Waals surface area contributed by atoms with Gasteiger partial charge in [-0.2, -0.15) is 0 Å². The number of aromatic hydroxyl groups is 1. The molecule has 132 valence electrons. The van der Waals surface area contributed by atoms with Crippen molar-refractivity contribution in [2.24, 2.45) is 0 Å². The number of nitrogens with one attached hydrogen (secondary N) is 2. The van der Waals surface area contributed by atoms with Gasteiger partial charge in [-0.25, -0.2) is 9.19 Å². The molecule has 0 aliphatic carbocycles. The molecule has 7 heteroatoms. The largest absolute Gasteiger partial charge is 0.494 e. The van der Waals surface area contributed by atoms with Crippen LogP contribution in [0.2, 0.25) is 5.02 Å². The molecular weight excluding hydrogens is 370 g/mol. The molecule has 2 heterocycles. The van der Waals surface area contributed by atoms with Crippen LogP contribution < -0.4 is 4.72 Å². The zero-order valence-electron chi connectivity index (χ0n) is 13.9. The van der Waals surface area contributed by atoms with E-state index in [9.17, 15) is 9.32 Å². The van der Waals surface area contributed by atoms with Gasteiger partial charge in [0.15, 0.2) is 5.88 Å². The number of halogens is 1. The number of nitrogens with zero attached hydrogens (tertiary/aromatic N) is 1. The van der Waals surface area contributed by atoms with Crippen molar-refractivity contribution in [3.63, 3.8) is 0 Å². The maximum Gasteiger partial charge on any atom is 0.199 e. The fourth-order valence-electron chi connectivity index (χ4n) is 2.97. The normalized spacial score (nSPS) is 12.5.